The molecule has 0 atom stereocenters. The molecule has 0 aromatic heterocycles. The fraction of sp³-hybridized carbons (Fsp3) is 1.00. The quantitative estimate of drug-likeness (QED) is 0.649. The van der Waals surface area contributed by atoms with Gasteiger partial charge >= 0.3 is 0 Å². The van der Waals surface area contributed by atoms with E-state index in [9.17, 15) is 0 Å². The molecule has 64 valence electrons. The highest BCUT2D eigenvalue weighted by Gasteiger charge is 1.92. The number of nitrogens with zero attached hydrogens (tertiary/aromatic N) is 1. The third-order valence-corrected chi connectivity index (χ3v) is 1.43. The third kappa shape index (κ3) is 7.92. The minimum Gasteiger partial charge on any atom is -0.400 e. The van der Waals surface area contributed by atoms with Crippen molar-refractivity contribution in [2.75, 3.05) is 26.7 Å². The van der Waals surface area contributed by atoms with E-state index in [0.29, 0.717) is 0 Å². The van der Waals surface area contributed by atoms with E-state index in [2.05, 4.69) is 25.7 Å². The van der Waals surface area contributed by atoms with E-state index < -0.39 is 0 Å². The monoisotopic (exact) mass is 147 g/mol. The maximum absolute atomic E-state index is 7.00. The van der Waals surface area contributed by atoms with Crippen LogP contribution in [0.25, 0.3) is 0 Å². The number of rotatable bonds is 4. The van der Waals surface area contributed by atoms with Crippen LogP contribution >= 0.6 is 0 Å². The van der Waals surface area contributed by atoms with Gasteiger partial charge in [0.2, 0.25) is 0 Å². The molecule has 0 spiro atoms. The van der Waals surface area contributed by atoms with E-state index in [1.807, 2.05) is 0 Å². The van der Waals surface area contributed by atoms with Crippen LogP contribution in [0, 0.1) is 0 Å². The number of aliphatic hydroxyl groups excluding tert-OH is 1. The van der Waals surface area contributed by atoms with Crippen LogP contribution in [0.3, 0.4) is 0 Å². The molecule has 0 rings (SSSR count). The van der Waals surface area contributed by atoms with Crippen LogP contribution in [-0.2, 0) is 0 Å². The molecule has 0 saturated carbocycles. The van der Waals surface area contributed by atoms with Crippen LogP contribution in [0.5, 0.6) is 0 Å². The maximum Gasteiger partial charge on any atom is 0.0319 e. The average molecular weight is 147 g/mol. The van der Waals surface area contributed by atoms with Crippen molar-refractivity contribution in [2.24, 2.45) is 0 Å². The molecule has 0 bridgehead atoms. The van der Waals surface area contributed by atoms with Gasteiger partial charge in [0, 0.05) is 7.11 Å². The molecular formula is C8H21NO. The zero-order valence-electron chi connectivity index (χ0n) is 7.72. The fourth-order valence-electron chi connectivity index (χ4n) is 0.856. The van der Waals surface area contributed by atoms with Gasteiger partial charge in [0.1, 0.15) is 0 Å². The van der Waals surface area contributed by atoms with E-state index in [1.54, 1.807) is 0 Å². The molecule has 0 aromatic rings. The van der Waals surface area contributed by atoms with Gasteiger partial charge in [-0.1, -0.05) is 20.8 Å². The Morgan fingerprint density at radius 2 is 1.40 bits per heavy atom. The van der Waals surface area contributed by atoms with Crippen molar-refractivity contribution in [3.8, 4) is 0 Å². The Bertz CT molecular complexity index is 44.5. The average Bonchev–Trinajstić information content (AvgIpc) is 2.04. The molecule has 2 nitrogen and oxygen atoms in total. The summed E-state index contributed by atoms with van der Waals surface area (Å²) in [5.74, 6) is 0. The van der Waals surface area contributed by atoms with E-state index in [-0.39, 0.29) is 0 Å². The van der Waals surface area contributed by atoms with Crippen LogP contribution < -0.4 is 0 Å². The normalized spacial score (nSPS) is 9.00. The minimum absolute atomic E-state index is 1.00. The number of hydrogen-bond acceptors (Lipinski definition) is 2. The highest BCUT2D eigenvalue weighted by atomic mass is 16.2. The predicted molar refractivity (Wildman–Crippen MR) is 46.2 cm³/mol. The first-order chi connectivity index (χ1) is 4.85. The molecule has 0 heterocycles. The zero-order valence-corrected chi connectivity index (χ0v) is 7.72. The highest BCUT2D eigenvalue weighted by molar-refractivity contribution is 4.47. The Labute approximate surface area is 64.9 Å². The maximum atomic E-state index is 7.00. The molecule has 0 amide bonds. The van der Waals surface area contributed by atoms with Crippen LogP contribution in [0.2, 0.25) is 0 Å². The predicted octanol–water partition coefficient (Wildman–Crippen LogP) is 1.35. The van der Waals surface area contributed by atoms with Gasteiger partial charge in [-0.2, -0.15) is 0 Å². The first-order valence-electron chi connectivity index (χ1n) is 4.02. The van der Waals surface area contributed by atoms with Gasteiger partial charge in [-0.3, -0.25) is 0 Å². The van der Waals surface area contributed by atoms with Crippen molar-refractivity contribution in [1.29, 1.82) is 0 Å². The second-order valence-electron chi connectivity index (χ2n) is 2.03. The van der Waals surface area contributed by atoms with Gasteiger partial charge in [0.25, 0.3) is 0 Å². The van der Waals surface area contributed by atoms with Crippen molar-refractivity contribution < 1.29 is 5.11 Å². The Balaban J connectivity index is 0. The summed E-state index contributed by atoms with van der Waals surface area (Å²) in [6, 6.07) is 0. The lowest BCUT2D eigenvalue weighted by atomic mass is 10.4. The standard InChI is InChI=1S/C7H17N.CH4O/c1-4-7-8(5-2)6-3;1-2/h4-7H2,1-3H3;2H,1H3. The summed E-state index contributed by atoms with van der Waals surface area (Å²) in [7, 11) is 1.00. The smallest absolute Gasteiger partial charge is 0.0319 e. The Hall–Kier alpha value is -0.0800. The SMILES string of the molecule is CCCN(CC)CC.CO. The third-order valence-electron chi connectivity index (χ3n) is 1.43. The molecule has 0 aliphatic rings. The Morgan fingerprint density at radius 1 is 1.00 bits per heavy atom. The summed E-state index contributed by atoms with van der Waals surface area (Å²) < 4.78 is 0. The van der Waals surface area contributed by atoms with Gasteiger partial charge < -0.3 is 10.0 Å². The van der Waals surface area contributed by atoms with Crippen LogP contribution in [0.1, 0.15) is 27.2 Å². The summed E-state index contributed by atoms with van der Waals surface area (Å²) in [6.45, 7) is 10.3. The molecule has 10 heavy (non-hydrogen) atoms. The lowest BCUT2D eigenvalue weighted by molar-refractivity contribution is 0.304. The van der Waals surface area contributed by atoms with E-state index in [0.717, 1.165) is 7.11 Å². The second-order valence-corrected chi connectivity index (χ2v) is 2.03. The molecule has 2 heteroatoms. The molecule has 1 N–H and O–H groups in total. The largest absolute Gasteiger partial charge is 0.400 e. The van der Waals surface area contributed by atoms with Crippen LogP contribution in [-0.4, -0.2) is 36.8 Å². The van der Waals surface area contributed by atoms with Crippen molar-refractivity contribution in [3.05, 3.63) is 0 Å². The molecule has 0 aromatic carbocycles. The highest BCUT2D eigenvalue weighted by Crippen LogP contribution is 1.87. The van der Waals surface area contributed by atoms with Crippen molar-refractivity contribution >= 4 is 0 Å². The minimum atomic E-state index is 1.00. The molecule has 0 radical (unpaired) electrons. The van der Waals surface area contributed by atoms with Gasteiger partial charge in [0.05, 0.1) is 0 Å². The van der Waals surface area contributed by atoms with Gasteiger partial charge in [-0.15, -0.1) is 0 Å². The lowest BCUT2D eigenvalue weighted by Gasteiger charge is -2.15. The summed E-state index contributed by atoms with van der Waals surface area (Å²) in [6.07, 6.45) is 1.28. The summed E-state index contributed by atoms with van der Waals surface area (Å²) in [4.78, 5) is 2.43. The topological polar surface area (TPSA) is 23.5 Å². The van der Waals surface area contributed by atoms with Crippen LogP contribution in [0.4, 0.5) is 0 Å². The Kier molecular flexibility index (Phi) is 14.7. The van der Waals surface area contributed by atoms with Crippen molar-refractivity contribution in [2.45, 2.75) is 27.2 Å². The van der Waals surface area contributed by atoms with Gasteiger partial charge in [0.15, 0.2) is 0 Å². The van der Waals surface area contributed by atoms with Crippen molar-refractivity contribution in [1.82, 2.24) is 4.90 Å². The van der Waals surface area contributed by atoms with Crippen molar-refractivity contribution in [3.63, 3.8) is 0 Å². The first-order valence-corrected chi connectivity index (χ1v) is 4.02. The summed E-state index contributed by atoms with van der Waals surface area (Å²) in [5.41, 5.74) is 0. The molecule has 0 saturated heterocycles. The number of hydrogen-bond donors (Lipinski definition) is 1. The number of aliphatic hydroxyl groups is 1. The van der Waals surface area contributed by atoms with Gasteiger partial charge in [-0.25, -0.2) is 0 Å². The second kappa shape index (κ2) is 11.7. The molecular weight excluding hydrogens is 126 g/mol. The van der Waals surface area contributed by atoms with E-state index >= 15 is 0 Å². The Morgan fingerprint density at radius 3 is 1.50 bits per heavy atom. The summed E-state index contributed by atoms with van der Waals surface area (Å²) in [5, 5.41) is 7.00. The van der Waals surface area contributed by atoms with Gasteiger partial charge in [-0.05, 0) is 26.1 Å². The van der Waals surface area contributed by atoms with E-state index in [1.165, 1.54) is 26.1 Å². The zero-order chi connectivity index (χ0) is 8.41. The van der Waals surface area contributed by atoms with E-state index in [4.69, 9.17) is 5.11 Å². The fourth-order valence-corrected chi connectivity index (χ4v) is 0.856. The summed E-state index contributed by atoms with van der Waals surface area (Å²) >= 11 is 0. The molecule has 0 aliphatic heterocycles. The molecule has 0 aliphatic carbocycles. The van der Waals surface area contributed by atoms with Crippen LogP contribution in [0.15, 0.2) is 0 Å². The lowest BCUT2D eigenvalue weighted by Crippen LogP contribution is -2.23. The molecule has 0 unspecified atom stereocenters. The molecule has 0 fully saturated rings. The first kappa shape index (κ1) is 12.6.